The van der Waals surface area contributed by atoms with E-state index in [1.54, 1.807) is 19.1 Å². The van der Waals surface area contributed by atoms with Gasteiger partial charge in [-0.25, -0.2) is 19.3 Å². The summed E-state index contributed by atoms with van der Waals surface area (Å²) in [4.78, 5) is 45.9. The van der Waals surface area contributed by atoms with Crippen LogP contribution in [0.2, 0.25) is 5.02 Å². The molecule has 0 saturated carbocycles. The number of hydrogen-bond acceptors (Lipinski definition) is 10. The van der Waals surface area contributed by atoms with Gasteiger partial charge < -0.3 is 35.2 Å². The molecule has 244 valence electrons. The number of piperazine rings is 1. The third-order valence-corrected chi connectivity index (χ3v) is 9.21. The predicted octanol–water partition coefficient (Wildman–Crippen LogP) is 2.87. The molecule has 14 heteroatoms. The Hall–Kier alpha value is -3.91. The number of nitrogens with one attached hydrogen (secondary N) is 2. The fraction of sp³-hybridized carbons (Fsp3) is 0.469. The van der Waals surface area contributed by atoms with Crippen molar-refractivity contribution < 1.29 is 23.8 Å². The molecule has 0 radical (unpaired) electrons. The second-order valence-electron chi connectivity index (χ2n) is 12.0. The highest BCUT2D eigenvalue weighted by Gasteiger charge is 2.35. The Morgan fingerprint density at radius 2 is 1.91 bits per heavy atom. The first-order valence-corrected chi connectivity index (χ1v) is 15.9. The van der Waals surface area contributed by atoms with E-state index in [2.05, 4.69) is 30.5 Å². The molecule has 2 amide bonds. The Kier molecular flexibility index (Phi) is 9.64. The molecule has 5 heterocycles. The standard InChI is InChI=1S/C32H38ClFN8O4/c1-19(30(44)38-27(18-43)24-14-28(35-16-26(24)34)41-9-7-40(2)8-10-41)42-17-21-4-3-20(13-23(21)31(42)45)29-25(33)15-36-32(39-29)37-22-5-11-46-12-6-22/h3-4,13-16,19,22,27,43H,5-12,17-18H2,1-2H3,(H,38,44)(H,36,37,39)/t19-,27-/m1/s1. The lowest BCUT2D eigenvalue weighted by Crippen LogP contribution is -2.47. The van der Waals surface area contributed by atoms with Crippen LogP contribution in [-0.4, -0.2) is 107 Å². The second kappa shape index (κ2) is 13.8. The number of benzene rings is 1. The van der Waals surface area contributed by atoms with Crippen molar-refractivity contribution in [1.29, 1.82) is 0 Å². The van der Waals surface area contributed by atoms with Gasteiger partial charge in [0.25, 0.3) is 5.91 Å². The van der Waals surface area contributed by atoms with Crippen LogP contribution in [0.15, 0.2) is 36.7 Å². The van der Waals surface area contributed by atoms with Gasteiger partial charge in [-0.15, -0.1) is 0 Å². The van der Waals surface area contributed by atoms with E-state index in [1.165, 1.54) is 11.1 Å². The van der Waals surface area contributed by atoms with Gasteiger partial charge in [-0.05, 0) is 44.5 Å². The smallest absolute Gasteiger partial charge is 0.255 e. The molecular formula is C32H38ClFN8O4. The first kappa shape index (κ1) is 32.0. The number of rotatable bonds is 9. The summed E-state index contributed by atoms with van der Waals surface area (Å²) in [7, 11) is 2.04. The van der Waals surface area contributed by atoms with Crippen molar-refractivity contribution in [3.63, 3.8) is 0 Å². The molecule has 0 spiro atoms. The minimum Gasteiger partial charge on any atom is -0.394 e. The average Bonchev–Trinajstić information content (AvgIpc) is 3.40. The van der Waals surface area contributed by atoms with Gasteiger partial charge in [0, 0.05) is 68.7 Å². The first-order chi connectivity index (χ1) is 22.2. The highest BCUT2D eigenvalue weighted by atomic mass is 35.5. The van der Waals surface area contributed by atoms with Crippen LogP contribution in [0, 0.1) is 5.82 Å². The average molecular weight is 653 g/mol. The molecule has 12 nitrogen and oxygen atoms in total. The Balaban J connectivity index is 1.15. The number of carbonyl (C=O) groups is 2. The molecule has 0 unspecified atom stereocenters. The zero-order valence-electron chi connectivity index (χ0n) is 25.9. The van der Waals surface area contributed by atoms with Crippen molar-refractivity contribution in [3.05, 3.63) is 64.2 Å². The van der Waals surface area contributed by atoms with E-state index >= 15 is 0 Å². The lowest BCUT2D eigenvalue weighted by Gasteiger charge is -2.33. The van der Waals surface area contributed by atoms with Crippen LogP contribution in [0.25, 0.3) is 11.3 Å². The number of ether oxygens (including phenoxy) is 1. The lowest BCUT2D eigenvalue weighted by molar-refractivity contribution is -0.126. The van der Waals surface area contributed by atoms with E-state index in [0.717, 1.165) is 50.8 Å². The maximum atomic E-state index is 14.9. The largest absolute Gasteiger partial charge is 0.394 e. The van der Waals surface area contributed by atoms with Crippen molar-refractivity contribution in [2.75, 3.05) is 63.3 Å². The summed E-state index contributed by atoms with van der Waals surface area (Å²) >= 11 is 6.49. The van der Waals surface area contributed by atoms with Crippen molar-refractivity contribution in [2.45, 2.75) is 44.4 Å². The van der Waals surface area contributed by atoms with Gasteiger partial charge in [0.1, 0.15) is 17.7 Å². The fourth-order valence-corrected chi connectivity index (χ4v) is 6.22. The van der Waals surface area contributed by atoms with Crippen LogP contribution >= 0.6 is 11.6 Å². The Morgan fingerprint density at radius 1 is 1.15 bits per heavy atom. The topological polar surface area (TPSA) is 136 Å². The molecule has 3 N–H and O–H groups in total. The molecular weight excluding hydrogens is 615 g/mol. The van der Waals surface area contributed by atoms with Crippen LogP contribution in [0.1, 0.15) is 47.3 Å². The van der Waals surface area contributed by atoms with Crippen LogP contribution < -0.4 is 15.5 Å². The highest BCUT2D eigenvalue weighted by molar-refractivity contribution is 6.33. The number of pyridine rings is 1. The van der Waals surface area contributed by atoms with E-state index in [0.29, 0.717) is 46.8 Å². The van der Waals surface area contributed by atoms with Crippen molar-refractivity contribution in [2.24, 2.45) is 0 Å². The lowest BCUT2D eigenvalue weighted by atomic mass is 10.0. The van der Waals surface area contributed by atoms with Gasteiger partial charge in [-0.3, -0.25) is 9.59 Å². The number of aliphatic hydroxyl groups excluding tert-OH is 1. The number of aromatic nitrogens is 3. The van der Waals surface area contributed by atoms with Crippen LogP contribution in [0.3, 0.4) is 0 Å². The summed E-state index contributed by atoms with van der Waals surface area (Å²) in [6.07, 6.45) is 4.36. The number of fused-ring (bicyclic) bond motifs is 1. The van der Waals surface area contributed by atoms with Gasteiger partial charge in [-0.1, -0.05) is 23.7 Å². The summed E-state index contributed by atoms with van der Waals surface area (Å²) in [5, 5.41) is 16.6. The quantitative estimate of drug-likeness (QED) is 0.317. The molecule has 0 bridgehead atoms. The number of likely N-dealkylation sites (N-methyl/N-ethyl adjacent to an activating group) is 1. The number of nitrogens with zero attached hydrogens (tertiary/aromatic N) is 6. The molecule has 6 rings (SSSR count). The number of anilines is 2. The number of amides is 2. The van der Waals surface area contributed by atoms with Gasteiger partial charge in [-0.2, -0.15) is 0 Å². The SMILES string of the molecule is C[C@H](C(=O)N[C@H](CO)c1cc(N2CCN(C)CC2)ncc1F)N1Cc2ccc(-c3nc(NC4CCOCC4)ncc3Cl)cc2C1=O. The summed E-state index contributed by atoms with van der Waals surface area (Å²) < 4.78 is 20.4. The molecule has 3 aliphatic heterocycles. The highest BCUT2D eigenvalue weighted by Crippen LogP contribution is 2.33. The minimum absolute atomic E-state index is 0.139. The van der Waals surface area contributed by atoms with E-state index < -0.39 is 30.4 Å². The Labute approximate surface area is 271 Å². The van der Waals surface area contributed by atoms with Crippen molar-refractivity contribution in [3.8, 4) is 11.3 Å². The number of halogens is 2. The molecule has 3 aromatic rings. The molecule has 3 aliphatic rings. The Bertz CT molecular complexity index is 1600. The third-order valence-electron chi connectivity index (χ3n) is 8.93. The minimum atomic E-state index is -1.01. The molecule has 46 heavy (non-hydrogen) atoms. The zero-order valence-corrected chi connectivity index (χ0v) is 26.6. The van der Waals surface area contributed by atoms with E-state index in [9.17, 15) is 19.1 Å². The summed E-state index contributed by atoms with van der Waals surface area (Å²) in [5.74, 6) is -0.429. The summed E-state index contributed by atoms with van der Waals surface area (Å²) in [6.45, 7) is 5.83. The van der Waals surface area contributed by atoms with E-state index in [-0.39, 0.29) is 24.1 Å². The summed E-state index contributed by atoms with van der Waals surface area (Å²) in [6, 6.07) is 5.28. The van der Waals surface area contributed by atoms with Crippen LogP contribution in [0.5, 0.6) is 0 Å². The molecule has 2 atom stereocenters. The van der Waals surface area contributed by atoms with Gasteiger partial charge in [0.2, 0.25) is 11.9 Å². The van der Waals surface area contributed by atoms with Crippen LogP contribution in [-0.2, 0) is 16.1 Å². The number of carbonyl (C=O) groups excluding carboxylic acids is 2. The maximum absolute atomic E-state index is 14.9. The first-order valence-electron chi connectivity index (χ1n) is 15.5. The van der Waals surface area contributed by atoms with Crippen molar-refractivity contribution >= 4 is 35.2 Å². The molecule has 1 aromatic carbocycles. The number of hydrogen-bond donors (Lipinski definition) is 3. The third kappa shape index (κ3) is 6.77. The van der Waals surface area contributed by atoms with Gasteiger partial charge in [0.15, 0.2) is 0 Å². The normalized spacial score (nSPS) is 18.8. The predicted molar refractivity (Wildman–Crippen MR) is 171 cm³/mol. The zero-order chi connectivity index (χ0) is 32.4. The van der Waals surface area contributed by atoms with Gasteiger partial charge >= 0.3 is 0 Å². The number of aliphatic hydroxyl groups is 1. The fourth-order valence-electron chi connectivity index (χ4n) is 6.02. The Morgan fingerprint density at radius 3 is 2.65 bits per heavy atom. The molecule has 2 fully saturated rings. The second-order valence-corrected chi connectivity index (χ2v) is 12.4. The molecule has 0 aliphatic carbocycles. The summed E-state index contributed by atoms with van der Waals surface area (Å²) in [5.41, 5.74) is 2.49. The maximum Gasteiger partial charge on any atom is 0.255 e. The monoisotopic (exact) mass is 652 g/mol. The van der Waals surface area contributed by atoms with E-state index in [4.69, 9.17) is 16.3 Å². The van der Waals surface area contributed by atoms with Crippen LogP contribution in [0.4, 0.5) is 16.2 Å². The molecule has 2 saturated heterocycles. The van der Waals surface area contributed by atoms with Crippen molar-refractivity contribution in [1.82, 2.24) is 30.1 Å². The van der Waals surface area contributed by atoms with E-state index in [1.807, 2.05) is 24.1 Å². The van der Waals surface area contributed by atoms with Gasteiger partial charge in [0.05, 0.1) is 35.8 Å². The molecule has 2 aromatic heterocycles.